The van der Waals surface area contributed by atoms with Crippen molar-refractivity contribution >= 4 is 12.2 Å². The van der Waals surface area contributed by atoms with E-state index in [-0.39, 0.29) is 0 Å². The molecule has 4 aromatic carbocycles. The Kier molecular flexibility index (Phi) is 10.9. The molecule has 0 bridgehead atoms. The van der Waals surface area contributed by atoms with E-state index in [1.54, 1.807) is 0 Å². The van der Waals surface area contributed by atoms with Gasteiger partial charge in [-0.2, -0.15) is 0 Å². The minimum atomic E-state index is 0.776. The van der Waals surface area contributed by atoms with Gasteiger partial charge in [-0.05, 0) is 107 Å². The smallest absolute Gasteiger partial charge is 0.0162 e. The SMILES string of the molecule is C=Cc1ccc(-c2ccc(C3CCC(C)CC3)cc2)cc1.C=Cc1ccc(-c2ccc(C3CCC(CC)CC3)cc2)cc1. The summed E-state index contributed by atoms with van der Waals surface area (Å²) in [6.07, 6.45) is 16.2. The van der Waals surface area contributed by atoms with Crippen LogP contribution in [0, 0.1) is 11.8 Å². The van der Waals surface area contributed by atoms with Crippen molar-refractivity contribution < 1.29 is 0 Å². The quantitative estimate of drug-likeness (QED) is 0.209. The fraction of sp³-hybridized carbons (Fsp3) is 0.349. The summed E-state index contributed by atoms with van der Waals surface area (Å²) in [4.78, 5) is 0. The van der Waals surface area contributed by atoms with Gasteiger partial charge in [0.2, 0.25) is 0 Å². The number of hydrogen-bond acceptors (Lipinski definition) is 0. The fourth-order valence-corrected chi connectivity index (χ4v) is 7.02. The topological polar surface area (TPSA) is 0 Å². The van der Waals surface area contributed by atoms with Crippen molar-refractivity contribution in [2.45, 2.75) is 83.5 Å². The van der Waals surface area contributed by atoms with Crippen LogP contribution in [0.3, 0.4) is 0 Å². The molecule has 222 valence electrons. The molecule has 2 aliphatic rings. The van der Waals surface area contributed by atoms with Crippen LogP contribution in [-0.4, -0.2) is 0 Å². The maximum Gasteiger partial charge on any atom is -0.0162 e. The third-order valence-electron chi connectivity index (χ3n) is 10.2. The third-order valence-corrected chi connectivity index (χ3v) is 10.2. The summed E-state index contributed by atoms with van der Waals surface area (Å²) in [7, 11) is 0. The number of rotatable bonds is 7. The molecule has 0 heterocycles. The predicted octanol–water partition coefficient (Wildman–Crippen LogP) is 13.0. The second kappa shape index (κ2) is 15.2. The Morgan fingerprint density at radius 2 is 0.814 bits per heavy atom. The van der Waals surface area contributed by atoms with Crippen molar-refractivity contribution in [3.8, 4) is 22.3 Å². The Balaban J connectivity index is 0.000000171. The van der Waals surface area contributed by atoms with Crippen molar-refractivity contribution in [2.75, 3.05) is 0 Å². The average Bonchev–Trinajstić information content (AvgIpc) is 3.09. The molecule has 0 spiro atoms. The molecule has 6 rings (SSSR count). The Bertz CT molecular complexity index is 1400. The van der Waals surface area contributed by atoms with Gasteiger partial charge in [0, 0.05) is 0 Å². The molecule has 2 aliphatic carbocycles. The molecule has 43 heavy (non-hydrogen) atoms. The summed E-state index contributed by atoms with van der Waals surface area (Å²) < 4.78 is 0. The summed E-state index contributed by atoms with van der Waals surface area (Å²) in [5.74, 6) is 3.45. The summed E-state index contributed by atoms with van der Waals surface area (Å²) in [6.45, 7) is 12.3. The van der Waals surface area contributed by atoms with E-state index in [9.17, 15) is 0 Å². The zero-order chi connectivity index (χ0) is 30.0. The lowest BCUT2D eigenvalue weighted by atomic mass is 9.77. The van der Waals surface area contributed by atoms with Gasteiger partial charge in [-0.25, -0.2) is 0 Å². The van der Waals surface area contributed by atoms with Crippen LogP contribution in [0.4, 0.5) is 0 Å². The standard InChI is InChI=1S/C22H26.C21H24/c1-3-17-5-9-19(10-6-17)21-13-15-22(16-14-21)20-11-7-18(4-2)8-12-20;1-3-17-6-10-19(11-7-17)21-14-12-20(13-15-21)18-8-4-16(2)5-9-18/h3,5-6,9-10,13-16,18,20H,1,4,7-8,11-12H2,2H3;3,6-7,10-16,18H,1,4-5,8-9H2,2H3. The highest BCUT2D eigenvalue weighted by atomic mass is 14.3. The van der Waals surface area contributed by atoms with Crippen LogP contribution < -0.4 is 0 Å². The molecule has 0 amide bonds. The lowest BCUT2D eigenvalue weighted by Crippen LogP contribution is -2.12. The normalized spacial score (nSPS) is 21.7. The molecule has 0 atom stereocenters. The molecule has 2 fully saturated rings. The summed E-state index contributed by atoms with van der Waals surface area (Å²) in [5.41, 5.74) is 10.6. The fourth-order valence-electron chi connectivity index (χ4n) is 7.02. The minimum Gasteiger partial charge on any atom is -0.0985 e. The van der Waals surface area contributed by atoms with Gasteiger partial charge >= 0.3 is 0 Å². The summed E-state index contributed by atoms with van der Waals surface area (Å²) >= 11 is 0. The molecule has 0 radical (unpaired) electrons. The van der Waals surface area contributed by atoms with Crippen LogP contribution in [0.25, 0.3) is 34.4 Å². The van der Waals surface area contributed by atoms with Crippen molar-refractivity contribution in [3.05, 3.63) is 132 Å². The Labute approximate surface area is 261 Å². The van der Waals surface area contributed by atoms with Crippen LogP contribution >= 0.6 is 0 Å². The number of hydrogen-bond donors (Lipinski definition) is 0. The number of benzene rings is 4. The minimum absolute atomic E-state index is 0.776. The van der Waals surface area contributed by atoms with E-state index >= 15 is 0 Å². The maximum atomic E-state index is 3.81. The van der Waals surface area contributed by atoms with Gasteiger partial charge in [-0.3, -0.25) is 0 Å². The van der Waals surface area contributed by atoms with Crippen LogP contribution in [-0.2, 0) is 0 Å². The lowest BCUT2D eigenvalue weighted by Gasteiger charge is -2.28. The van der Waals surface area contributed by atoms with E-state index in [1.165, 1.54) is 102 Å². The zero-order valence-corrected chi connectivity index (χ0v) is 26.5. The molecule has 0 unspecified atom stereocenters. The van der Waals surface area contributed by atoms with Crippen molar-refractivity contribution in [2.24, 2.45) is 11.8 Å². The van der Waals surface area contributed by atoms with Gasteiger partial charge in [0.1, 0.15) is 0 Å². The first-order valence-electron chi connectivity index (χ1n) is 16.7. The van der Waals surface area contributed by atoms with E-state index in [4.69, 9.17) is 0 Å². The van der Waals surface area contributed by atoms with Gasteiger partial charge in [-0.1, -0.05) is 155 Å². The van der Waals surface area contributed by atoms with Gasteiger partial charge in [0.15, 0.2) is 0 Å². The molecule has 0 nitrogen and oxygen atoms in total. The maximum absolute atomic E-state index is 3.81. The molecule has 0 heteroatoms. The summed E-state index contributed by atoms with van der Waals surface area (Å²) in [5, 5.41) is 0. The van der Waals surface area contributed by atoms with Gasteiger partial charge in [-0.15, -0.1) is 0 Å². The first-order chi connectivity index (χ1) is 21.1. The molecular formula is C43H50. The van der Waals surface area contributed by atoms with E-state index in [2.05, 4.69) is 124 Å². The van der Waals surface area contributed by atoms with Gasteiger partial charge in [0.05, 0.1) is 0 Å². The Morgan fingerprint density at radius 3 is 1.14 bits per heavy atom. The van der Waals surface area contributed by atoms with Gasteiger partial charge in [0.25, 0.3) is 0 Å². The molecule has 0 aromatic heterocycles. The first kappa shape index (κ1) is 30.8. The van der Waals surface area contributed by atoms with Crippen LogP contribution in [0.5, 0.6) is 0 Å². The lowest BCUT2D eigenvalue weighted by molar-refractivity contribution is 0.319. The zero-order valence-electron chi connectivity index (χ0n) is 26.5. The van der Waals surface area contributed by atoms with Gasteiger partial charge < -0.3 is 0 Å². The van der Waals surface area contributed by atoms with E-state index < -0.39 is 0 Å². The first-order valence-corrected chi connectivity index (χ1v) is 16.7. The highest BCUT2D eigenvalue weighted by molar-refractivity contribution is 5.67. The van der Waals surface area contributed by atoms with Crippen LogP contribution in [0.1, 0.15) is 106 Å². The second-order valence-electron chi connectivity index (χ2n) is 13.0. The Morgan fingerprint density at radius 1 is 0.488 bits per heavy atom. The highest BCUT2D eigenvalue weighted by Gasteiger charge is 2.21. The Hall–Kier alpha value is -3.64. The van der Waals surface area contributed by atoms with E-state index in [0.29, 0.717) is 0 Å². The molecule has 0 saturated heterocycles. The largest absolute Gasteiger partial charge is 0.0985 e. The molecule has 4 aromatic rings. The predicted molar refractivity (Wildman–Crippen MR) is 189 cm³/mol. The van der Waals surface area contributed by atoms with E-state index in [1.807, 2.05) is 12.2 Å². The summed E-state index contributed by atoms with van der Waals surface area (Å²) in [6, 6.07) is 35.7. The van der Waals surface area contributed by atoms with E-state index in [0.717, 1.165) is 23.7 Å². The molecular weight excluding hydrogens is 516 g/mol. The van der Waals surface area contributed by atoms with Crippen LogP contribution in [0.2, 0.25) is 0 Å². The highest BCUT2D eigenvalue weighted by Crippen LogP contribution is 2.38. The monoisotopic (exact) mass is 566 g/mol. The van der Waals surface area contributed by atoms with Crippen molar-refractivity contribution in [3.63, 3.8) is 0 Å². The molecule has 0 aliphatic heterocycles. The van der Waals surface area contributed by atoms with Crippen molar-refractivity contribution in [1.82, 2.24) is 0 Å². The van der Waals surface area contributed by atoms with Crippen LogP contribution in [0.15, 0.2) is 110 Å². The van der Waals surface area contributed by atoms with Crippen molar-refractivity contribution in [1.29, 1.82) is 0 Å². The second-order valence-corrected chi connectivity index (χ2v) is 13.0. The average molecular weight is 567 g/mol. The molecule has 0 N–H and O–H groups in total. The third kappa shape index (κ3) is 8.26. The molecule has 2 saturated carbocycles.